The summed E-state index contributed by atoms with van der Waals surface area (Å²) >= 11 is 1.41. The lowest BCUT2D eigenvalue weighted by Gasteiger charge is -2.14. The number of rotatable bonds is 5. The van der Waals surface area contributed by atoms with Gasteiger partial charge in [-0.05, 0) is 6.92 Å². The average molecular weight is 236 g/mol. The van der Waals surface area contributed by atoms with Crippen LogP contribution in [-0.2, 0) is 5.75 Å². The fraction of sp³-hybridized carbons (Fsp3) is 0.667. The van der Waals surface area contributed by atoms with Gasteiger partial charge in [0.15, 0.2) is 0 Å². The van der Waals surface area contributed by atoms with Gasteiger partial charge in [0.2, 0.25) is 0 Å². The zero-order chi connectivity index (χ0) is 11.4. The third kappa shape index (κ3) is 3.46. The molecule has 1 aromatic rings. The first-order valence-corrected chi connectivity index (χ1v) is 5.66. The normalized spacial score (nSPS) is 15.6. The predicted molar refractivity (Wildman–Crippen MR) is 55.9 cm³/mol. The Labute approximate surface area is 91.5 Å². The van der Waals surface area contributed by atoms with E-state index in [1.165, 1.54) is 24.2 Å². The minimum atomic E-state index is -2.55. The van der Waals surface area contributed by atoms with Crippen molar-refractivity contribution in [1.82, 2.24) is 9.55 Å². The molecule has 0 unspecified atom stereocenters. The van der Waals surface area contributed by atoms with Crippen molar-refractivity contribution < 1.29 is 13.9 Å². The number of hydrogen-bond acceptors (Lipinski definition) is 3. The summed E-state index contributed by atoms with van der Waals surface area (Å²) in [4.78, 5) is 3.85. The molecule has 0 aliphatic carbocycles. The SMILES string of the molecule is C[C@H](O)[C@H](C)SCc1nccn1C(F)F. The summed E-state index contributed by atoms with van der Waals surface area (Å²) in [5.41, 5.74) is 0. The number of alkyl halides is 2. The van der Waals surface area contributed by atoms with Crippen molar-refractivity contribution >= 4 is 11.8 Å². The van der Waals surface area contributed by atoms with E-state index in [9.17, 15) is 13.9 Å². The highest BCUT2D eigenvalue weighted by Gasteiger charge is 2.14. The molecular formula is C9H14F2N2OS. The smallest absolute Gasteiger partial charge is 0.319 e. The summed E-state index contributed by atoms with van der Waals surface area (Å²) in [7, 11) is 0. The Morgan fingerprint density at radius 3 is 2.73 bits per heavy atom. The van der Waals surface area contributed by atoms with E-state index in [4.69, 9.17) is 0 Å². The van der Waals surface area contributed by atoms with Crippen LogP contribution in [-0.4, -0.2) is 26.0 Å². The van der Waals surface area contributed by atoms with Gasteiger partial charge >= 0.3 is 6.55 Å². The monoisotopic (exact) mass is 236 g/mol. The Balaban J connectivity index is 2.54. The van der Waals surface area contributed by atoms with Gasteiger partial charge in [-0.25, -0.2) is 4.98 Å². The number of aliphatic hydroxyl groups excluding tert-OH is 1. The van der Waals surface area contributed by atoms with E-state index in [1.54, 1.807) is 6.92 Å². The number of imidazole rings is 1. The number of halogens is 2. The lowest BCUT2D eigenvalue weighted by Crippen LogP contribution is -2.16. The van der Waals surface area contributed by atoms with Crippen LogP contribution < -0.4 is 0 Å². The zero-order valence-corrected chi connectivity index (χ0v) is 9.42. The molecule has 3 nitrogen and oxygen atoms in total. The van der Waals surface area contributed by atoms with Crippen LogP contribution in [0.25, 0.3) is 0 Å². The minimum absolute atomic E-state index is 0.00724. The van der Waals surface area contributed by atoms with Crippen molar-refractivity contribution in [1.29, 1.82) is 0 Å². The zero-order valence-electron chi connectivity index (χ0n) is 8.60. The van der Waals surface area contributed by atoms with Gasteiger partial charge in [-0.15, -0.1) is 11.8 Å². The topological polar surface area (TPSA) is 38.1 Å². The molecule has 0 fully saturated rings. The van der Waals surface area contributed by atoms with E-state index in [0.29, 0.717) is 11.6 Å². The van der Waals surface area contributed by atoms with E-state index in [0.717, 1.165) is 4.57 Å². The Morgan fingerprint density at radius 1 is 1.53 bits per heavy atom. The molecule has 0 saturated carbocycles. The molecule has 1 heterocycles. The second-order valence-electron chi connectivity index (χ2n) is 3.29. The van der Waals surface area contributed by atoms with Crippen LogP contribution in [0, 0.1) is 0 Å². The Hall–Kier alpha value is -0.620. The van der Waals surface area contributed by atoms with Gasteiger partial charge in [0, 0.05) is 17.6 Å². The van der Waals surface area contributed by atoms with Crippen LogP contribution in [0.3, 0.4) is 0 Å². The standard InChI is InChI=1S/C9H14F2N2OS/c1-6(14)7(2)15-5-8-12-3-4-13(8)9(10)11/h3-4,6-7,9,14H,5H2,1-2H3/t6-,7-/m0/s1. The predicted octanol–water partition coefficient (Wildman–Crippen LogP) is 2.28. The van der Waals surface area contributed by atoms with E-state index in [1.807, 2.05) is 6.92 Å². The van der Waals surface area contributed by atoms with Gasteiger partial charge in [0.25, 0.3) is 0 Å². The van der Waals surface area contributed by atoms with Crippen molar-refractivity contribution in [3.05, 3.63) is 18.2 Å². The molecule has 0 aromatic carbocycles. The maximum atomic E-state index is 12.4. The van der Waals surface area contributed by atoms with Gasteiger partial charge in [0.05, 0.1) is 11.9 Å². The summed E-state index contributed by atoms with van der Waals surface area (Å²) < 4.78 is 25.7. The highest BCUT2D eigenvalue weighted by molar-refractivity contribution is 7.99. The van der Waals surface area contributed by atoms with Gasteiger partial charge in [-0.1, -0.05) is 6.92 Å². The lowest BCUT2D eigenvalue weighted by molar-refractivity contribution is 0.0678. The minimum Gasteiger partial charge on any atom is -0.392 e. The van der Waals surface area contributed by atoms with Crippen molar-refractivity contribution in [2.45, 2.75) is 37.5 Å². The Morgan fingerprint density at radius 2 is 2.20 bits per heavy atom. The molecule has 2 atom stereocenters. The maximum Gasteiger partial charge on any atom is 0.319 e. The van der Waals surface area contributed by atoms with Crippen LogP contribution in [0.15, 0.2) is 12.4 Å². The summed E-state index contributed by atoms with van der Waals surface area (Å²) in [6, 6.07) is 0. The van der Waals surface area contributed by atoms with Gasteiger partial charge in [-0.3, -0.25) is 4.57 Å². The largest absolute Gasteiger partial charge is 0.392 e. The maximum absolute atomic E-state index is 12.4. The number of thioether (sulfide) groups is 1. The van der Waals surface area contributed by atoms with Crippen LogP contribution in [0.5, 0.6) is 0 Å². The number of aromatic nitrogens is 2. The quantitative estimate of drug-likeness (QED) is 0.852. The first-order chi connectivity index (χ1) is 7.02. The highest BCUT2D eigenvalue weighted by atomic mass is 32.2. The summed E-state index contributed by atoms with van der Waals surface area (Å²) in [5.74, 6) is 0.714. The molecule has 6 heteroatoms. The molecule has 86 valence electrons. The molecule has 0 bridgehead atoms. The fourth-order valence-corrected chi connectivity index (χ4v) is 1.89. The Bertz CT molecular complexity index is 304. The summed E-state index contributed by atoms with van der Waals surface area (Å²) in [6.07, 6.45) is 2.16. The fourth-order valence-electron chi connectivity index (χ4n) is 0.979. The molecule has 0 aliphatic heterocycles. The van der Waals surface area contributed by atoms with E-state index >= 15 is 0 Å². The molecule has 1 N–H and O–H groups in total. The third-order valence-electron chi connectivity index (χ3n) is 2.11. The number of nitrogens with zero attached hydrogens (tertiary/aromatic N) is 2. The molecule has 1 aromatic heterocycles. The van der Waals surface area contributed by atoms with Gasteiger partial charge < -0.3 is 5.11 Å². The molecular weight excluding hydrogens is 222 g/mol. The summed E-state index contributed by atoms with van der Waals surface area (Å²) in [5, 5.41) is 9.24. The number of aliphatic hydroxyl groups is 1. The number of hydrogen-bond donors (Lipinski definition) is 1. The van der Waals surface area contributed by atoms with Crippen molar-refractivity contribution in [3.63, 3.8) is 0 Å². The molecule has 0 radical (unpaired) electrons. The van der Waals surface area contributed by atoms with Crippen LogP contribution >= 0.6 is 11.8 Å². The van der Waals surface area contributed by atoms with Crippen molar-refractivity contribution in [2.75, 3.05) is 0 Å². The van der Waals surface area contributed by atoms with Crippen LogP contribution in [0.4, 0.5) is 8.78 Å². The van der Waals surface area contributed by atoms with Crippen LogP contribution in [0.2, 0.25) is 0 Å². The molecule has 0 spiro atoms. The highest BCUT2D eigenvalue weighted by Crippen LogP contribution is 2.21. The first-order valence-electron chi connectivity index (χ1n) is 4.62. The third-order valence-corrected chi connectivity index (χ3v) is 3.46. The molecule has 0 aliphatic rings. The molecule has 1 rings (SSSR count). The van der Waals surface area contributed by atoms with E-state index in [2.05, 4.69) is 4.98 Å². The summed E-state index contributed by atoms with van der Waals surface area (Å²) in [6.45, 7) is 0.979. The molecule has 0 saturated heterocycles. The van der Waals surface area contributed by atoms with Crippen molar-refractivity contribution in [2.24, 2.45) is 0 Å². The second-order valence-corrected chi connectivity index (χ2v) is 4.65. The van der Waals surface area contributed by atoms with Crippen LogP contribution in [0.1, 0.15) is 26.2 Å². The van der Waals surface area contributed by atoms with Gasteiger partial charge in [0.1, 0.15) is 5.82 Å². The second kappa shape index (κ2) is 5.46. The first kappa shape index (κ1) is 12.4. The van der Waals surface area contributed by atoms with Crippen molar-refractivity contribution in [3.8, 4) is 0 Å². The average Bonchev–Trinajstić information content (AvgIpc) is 2.61. The Kier molecular flexibility index (Phi) is 4.53. The van der Waals surface area contributed by atoms with E-state index in [-0.39, 0.29) is 5.25 Å². The molecule has 0 amide bonds. The van der Waals surface area contributed by atoms with E-state index < -0.39 is 12.7 Å². The lowest BCUT2D eigenvalue weighted by atomic mass is 10.3. The molecule has 15 heavy (non-hydrogen) atoms. The van der Waals surface area contributed by atoms with Gasteiger partial charge in [-0.2, -0.15) is 8.78 Å².